The first-order chi connectivity index (χ1) is 7.66. The Morgan fingerprint density at radius 2 is 2.00 bits per heavy atom. The van der Waals surface area contributed by atoms with E-state index in [4.69, 9.17) is 23.2 Å². The molecule has 1 aromatic rings. The van der Waals surface area contributed by atoms with Gasteiger partial charge in [0.25, 0.3) is 5.91 Å². The van der Waals surface area contributed by atoms with Crippen molar-refractivity contribution in [3.05, 3.63) is 21.9 Å². The van der Waals surface area contributed by atoms with Gasteiger partial charge >= 0.3 is 0 Å². The second-order valence-electron chi connectivity index (χ2n) is 3.83. The van der Waals surface area contributed by atoms with Gasteiger partial charge < -0.3 is 5.32 Å². The smallest absolute Gasteiger partial charge is 0.254 e. The van der Waals surface area contributed by atoms with Gasteiger partial charge in [-0.15, -0.1) is 10.2 Å². The third-order valence-electron chi connectivity index (χ3n) is 2.65. The second kappa shape index (κ2) is 4.97. The number of aromatic nitrogens is 2. The molecule has 0 aromatic carbocycles. The van der Waals surface area contributed by atoms with E-state index >= 15 is 0 Å². The van der Waals surface area contributed by atoms with Crippen molar-refractivity contribution in [3.8, 4) is 0 Å². The molecule has 0 bridgehead atoms. The standard InChI is InChI=1S/C10H11Cl2N3O/c11-8-5-7(9(12)15-14-8)10(16)13-6-3-1-2-4-6/h5-6H,1-4H2,(H,13,16). The SMILES string of the molecule is O=C(NC1CCCC1)c1cc(Cl)nnc1Cl. The molecule has 1 saturated carbocycles. The van der Waals surface area contributed by atoms with Crippen LogP contribution in [0.4, 0.5) is 0 Å². The number of amides is 1. The Balaban J connectivity index is 2.10. The molecule has 6 heteroatoms. The Morgan fingerprint density at radius 1 is 1.31 bits per heavy atom. The number of hydrogen-bond donors (Lipinski definition) is 1. The molecule has 1 heterocycles. The van der Waals surface area contributed by atoms with Crippen molar-refractivity contribution >= 4 is 29.1 Å². The Kier molecular flexibility index (Phi) is 3.61. The van der Waals surface area contributed by atoms with Crippen molar-refractivity contribution in [2.75, 3.05) is 0 Å². The van der Waals surface area contributed by atoms with Crippen molar-refractivity contribution in [1.82, 2.24) is 15.5 Å². The first kappa shape index (κ1) is 11.6. The van der Waals surface area contributed by atoms with Gasteiger partial charge in [-0.1, -0.05) is 36.0 Å². The van der Waals surface area contributed by atoms with Crippen molar-refractivity contribution in [3.63, 3.8) is 0 Å². The van der Waals surface area contributed by atoms with Crippen LogP contribution < -0.4 is 5.32 Å². The monoisotopic (exact) mass is 259 g/mol. The van der Waals surface area contributed by atoms with Gasteiger partial charge in [0.15, 0.2) is 10.3 Å². The average molecular weight is 260 g/mol. The molecule has 1 N–H and O–H groups in total. The molecule has 0 saturated heterocycles. The van der Waals surface area contributed by atoms with E-state index in [9.17, 15) is 4.79 Å². The van der Waals surface area contributed by atoms with Crippen LogP contribution in [0.3, 0.4) is 0 Å². The summed E-state index contributed by atoms with van der Waals surface area (Å²) in [5.74, 6) is -0.228. The zero-order valence-corrected chi connectivity index (χ0v) is 10.1. The number of carbonyl (C=O) groups is 1. The highest BCUT2D eigenvalue weighted by Gasteiger charge is 2.20. The topological polar surface area (TPSA) is 54.9 Å². The number of hydrogen-bond acceptors (Lipinski definition) is 3. The normalized spacial score (nSPS) is 16.4. The summed E-state index contributed by atoms with van der Waals surface area (Å²) >= 11 is 11.4. The van der Waals surface area contributed by atoms with Gasteiger partial charge in [-0.25, -0.2) is 0 Å². The molecule has 0 spiro atoms. The Bertz CT molecular complexity index is 405. The molecule has 1 fully saturated rings. The van der Waals surface area contributed by atoms with Crippen LogP contribution in [0.15, 0.2) is 6.07 Å². The maximum absolute atomic E-state index is 11.9. The minimum absolute atomic E-state index is 0.0832. The fraction of sp³-hybridized carbons (Fsp3) is 0.500. The van der Waals surface area contributed by atoms with Gasteiger partial charge in [-0.05, 0) is 18.9 Å². The maximum Gasteiger partial charge on any atom is 0.254 e. The molecule has 1 aliphatic rings. The predicted octanol–water partition coefficient (Wildman–Crippen LogP) is 2.46. The summed E-state index contributed by atoms with van der Waals surface area (Å²) < 4.78 is 0. The minimum Gasteiger partial charge on any atom is -0.349 e. The summed E-state index contributed by atoms with van der Waals surface area (Å²) in [5.41, 5.74) is 0.286. The highest BCUT2D eigenvalue weighted by molar-refractivity contribution is 6.34. The van der Waals surface area contributed by atoms with Gasteiger partial charge in [0, 0.05) is 6.04 Å². The Labute approximate surface area is 103 Å². The molecule has 1 amide bonds. The van der Waals surface area contributed by atoms with Crippen LogP contribution in [-0.4, -0.2) is 22.1 Å². The minimum atomic E-state index is -0.228. The third-order valence-corrected chi connectivity index (χ3v) is 3.12. The second-order valence-corrected chi connectivity index (χ2v) is 4.57. The molecular weight excluding hydrogens is 249 g/mol. The van der Waals surface area contributed by atoms with E-state index in [1.54, 1.807) is 0 Å². The lowest BCUT2D eigenvalue weighted by molar-refractivity contribution is 0.0937. The molecule has 2 rings (SSSR count). The van der Waals surface area contributed by atoms with Gasteiger partial charge in [-0.2, -0.15) is 0 Å². The van der Waals surface area contributed by atoms with Crippen LogP contribution in [0, 0.1) is 0 Å². The van der Waals surface area contributed by atoms with Gasteiger partial charge in [0.1, 0.15) is 0 Å². The highest BCUT2D eigenvalue weighted by atomic mass is 35.5. The van der Waals surface area contributed by atoms with E-state index in [0.29, 0.717) is 0 Å². The quantitative estimate of drug-likeness (QED) is 0.888. The molecule has 0 unspecified atom stereocenters. The molecule has 86 valence electrons. The van der Waals surface area contributed by atoms with Crippen LogP contribution in [-0.2, 0) is 0 Å². The molecule has 1 aliphatic carbocycles. The van der Waals surface area contributed by atoms with Crippen LogP contribution in [0.2, 0.25) is 10.3 Å². The van der Waals surface area contributed by atoms with Gasteiger partial charge in [0.2, 0.25) is 0 Å². The van der Waals surface area contributed by atoms with E-state index < -0.39 is 0 Å². The first-order valence-electron chi connectivity index (χ1n) is 5.16. The van der Waals surface area contributed by atoms with Crippen molar-refractivity contribution in [2.45, 2.75) is 31.7 Å². The summed E-state index contributed by atoms with van der Waals surface area (Å²) in [7, 11) is 0. The summed E-state index contributed by atoms with van der Waals surface area (Å²) in [6, 6.07) is 1.68. The molecule has 4 nitrogen and oxygen atoms in total. The molecule has 16 heavy (non-hydrogen) atoms. The molecular formula is C10H11Cl2N3O. The molecule has 0 atom stereocenters. The fourth-order valence-corrected chi connectivity index (χ4v) is 2.17. The van der Waals surface area contributed by atoms with Gasteiger partial charge in [-0.3, -0.25) is 4.79 Å². The zero-order valence-electron chi connectivity index (χ0n) is 8.54. The third kappa shape index (κ3) is 2.62. The van der Waals surface area contributed by atoms with Crippen LogP contribution >= 0.6 is 23.2 Å². The van der Waals surface area contributed by atoms with E-state index in [2.05, 4.69) is 15.5 Å². The van der Waals surface area contributed by atoms with Crippen LogP contribution in [0.1, 0.15) is 36.0 Å². The molecule has 0 aliphatic heterocycles. The number of rotatable bonds is 2. The van der Waals surface area contributed by atoms with E-state index in [0.717, 1.165) is 25.7 Å². The Morgan fingerprint density at radius 3 is 2.69 bits per heavy atom. The summed E-state index contributed by atoms with van der Waals surface area (Å²) in [6.45, 7) is 0. The lowest BCUT2D eigenvalue weighted by atomic mass is 10.2. The summed E-state index contributed by atoms with van der Waals surface area (Å²) in [6.07, 6.45) is 4.37. The van der Waals surface area contributed by atoms with Crippen molar-refractivity contribution < 1.29 is 4.79 Å². The number of nitrogens with zero attached hydrogens (tertiary/aromatic N) is 2. The predicted molar refractivity (Wildman–Crippen MR) is 61.8 cm³/mol. The van der Waals surface area contributed by atoms with E-state index in [-0.39, 0.29) is 27.8 Å². The summed E-state index contributed by atoms with van der Waals surface area (Å²) in [5, 5.41) is 10.3. The van der Waals surface area contributed by atoms with Crippen LogP contribution in [0.5, 0.6) is 0 Å². The Hall–Kier alpha value is -0.870. The van der Waals surface area contributed by atoms with Crippen molar-refractivity contribution in [1.29, 1.82) is 0 Å². The van der Waals surface area contributed by atoms with E-state index in [1.807, 2.05) is 0 Å². The lowest BCUT2D eigenvalue weighted by Crippen LogP contribution is -2.32. The summed E-state index contributed by atoms with van der Waals surface area (Å²) in [4.78, 5) is 11.9. The van der Waals surface area contributed by atoms with Crippen LogP contribution in [0.25, 0.3) is 0 Å². The fourth-order valence-electron chi connectivity index (χ4n) is 1.85. The number of halogens is 2. The largest absolute Gasteiger partial charge is 0.349 e. The zero-order chi connectivity index (χ0) is 11.5. The average Bonchev–Trinajstić information content (AvgIpc) is 2.74. The van der Waals surface area contributed by atoms with Gasteiger partial charge in [0.05, 0.1) is 5.56 Å². The number of nitrogens with one attached hydrogen (secondary N) is 1. The molecule has 1 aromatic heterocycles. The maximum atomic E-state index is 11.9. The number of carbonyl (C=O) groups excluding carboxylic acids is 1. The van der Waals surface area contributed by atoms with E-state index in [1.165, 1.54) is 6.07 Å². The molecule has 0 radical (unpaired) electrons. The first-order valence-corrected chi connectivity index (χ1v) is 5.92. The lowest BCUT2D eigenvalue weighted by Gasteiger charge is -2.12. The van der Waals surface area contributed by atoms with Crippen molar-refractivity contribution in [2.24, 2.45) is 0 Å². The highest BCUT2D eigenvalue weighted by Crippen LogP contribution is 2.20.